The van der Waals surface area contributed by atoms with Crippen molar-refractivity contribution in [2.45, 2.75) is 6.04 Å². The van der Waals surface area contributed by atoms with Gasteiger partial charge in [-0.25, -0.2) is 9.50 Å². The van der Waals surface area contributed by atoms with Crippen LogP contribution in [-0.2, 0) is 0 Å². The second-order valence-corrected chi connectivity index (χ2v) is 5.90. The molecule has 0 spiro atoms. The summed E-state index contributed by atoms with van der Waals surface area (Å²) in [6.07, 6.45) is 5.35. The Labute approximate surface area is 131 Å². The zero-order valence-electron chi connectivity index (χ0n) is 11.6. The van der Waals surface area contributed by atoms with Crippen molar-refractivity contribution in [2.24, 2.45) is 5.73 Å². The zero-order valence-corrected chi connectivity index (χ0v) is 12.4. The standard InChI is InChI=1S/C16H13N5S/c17-14(12-7-4-8-18-9-12)15-20-21-13(10-19-16(21)22-15)11-5-2-1-3-6-11/h1-10,14H,17H2. The third-order valence-corrected chi connectivity index (χ3v) is 4.49. The molecule has 2 N–H and O–H groups in total. The van der Waals surface area contributed by atoms with Gasteiger partial charge in [-0.3, -0.25) is 4.98 Å². The minimum absolute atomic E-state index is 0.288. The predicted octanol–water partition coefficient (Wildman–Crippen LogP) is 2.90. The zero-order chi connectivity index (χ0) is 14.9. The molecule has 0 aliphatic rings. The highest BCUT2D eigenvalue weighted by Crippen LogP contribution is 2.27. The Kier molecular flexibility index (Phi) is 3.17. The van der Waals surface area contributed by atoms with Crippen molar-refractivity contribution in [1.82, 2.24) is 19.6 Å². The monoisotopic (exact) mass is 307 g/mol. The minimum Gasteiger partial charge on any atom is -0.318 e. The first kappa shape index (κ1) is 13.1. The van der Waals surface area contributed by atoms with Crippen molar-refractivity contribution in [1.29, 1.82) is 0 Å². The van der Waals surface area contributed by atoms with Crippen LogP contribution in [0.1, 0.15) is 16.6 Å². The molecule has 4 aromatic rings. The van der Waals surface area contributed by atoms with Crippen LogP contribution in [0, 0.1) is 0 Å². The van der Waals surface area contributed by atoms with E-state index in [0.29, 0.717) is 0 Å². The fraction of sp³-hybridized carbons (Fsp3) is 0.0625. The Hall–Kier alpha value is -2.57. The first-order chi connectivity index (χ1) is 10.8. The number of fused-ring (bicyclic) bond motifs is 1. The smallest absolute Gasteiger partial charge is 0.212 e. The molecule has 1 unspecified atom stereocenters. The number of pyridine rings is 1. The van der Waals surface area contributed by atoms with Gasteiger partial charge in [0, 0.05) is 18.0 Å². The van der Waals surface area contributed by atoms with E-state index < -0.39 is 0 Å². The minimum atomic E-state index is -0.288. The van der Waals surface area contributed by atoms with Gasteiger partial charge in [-0.05, 0) is 11.6 Å². The molecule has 0 fully saturated rings. The maximum Gasteiger partial charge on any atom is 0.212 e. The van der Waals surface area contributed by atoms with Gasteiger partial charge in [-0.1, -0.05) is 47.7 Å². The van der Waals surface area contributed by atoms with E-state index in [9.17, 15) is 0 Å². The van der Waals surface area contributed by atoms with Crippen molar-refractivity contribution in [3.8, 4) is 11.3 Å². The normalized spacial score (nSPS) is 12.6. The van der Waals surface area contributed by atoms with Crippen LogP contribution in [0.4, 0.5) is 0 Å². The van der Waals surface area contributed by atoms with E-state index in [1.165, 1.54) is 11.3 Å². The fourth-order valence-electron chi connectivity index (χ4n) is 2.34. The second-order valence-electron chi connectivity index (χ2n) is 4.91. The van der Waals surface area contributed by atoms with E-state index in [4.69, 9.17) is 5.73 Å². The first-order valence-electron chi connectivity index (χ1n) is 6.88. The highest BCUT2D eigenvalue weighted by molar-refractivity contribution is 7.16. The molecule has 0 saturated heterocycles. The van der Waals surface area contributed by atoms with Crippen molar-refractivity contribution in [2.75, 3.05) is 0 Å². The van der Waals surface area contributed by atoms with E-state index in [2.05, 4.69) is 15.1 Å². The van der Waals surface area contributed by atoms with Gasteiger partial charge in [0.15, 0.2) is 0 Å². The van der Waals surface area contributed by atoms with Crippen LogP contribution in [0.5, 0.6) is 0 Å². The van der Waals surface area contributed by atoms with Crippen molar-refractivity contribution < 1.29 is 0 Å². The van der Waals surface area contributed by atoms with E-state index in [-0.39, 0.29) is 6.04 Å². The number of benzene rings is 1. The van der Waals surface area contributed by atoms with E-state index >= 15 is 0 Å². The number of nitrogens with two attached hydrogens (primary N) is 1. The molecular formula is C16H13N5S. The van der Waals surface area contributed by atoms with Crippen molar-refractivity contribution >= 4 is 16.3 Å². The Balaban J connectivity index is 1.78. The highest BCUT2D eigenvalue weighted by atomic mass is 32.1. The molecule has 108 valence electrons. The lowest BCUT2D eigenvalue weighted by atomic mass is 10.1. The van der Waals surface area contributed by atoms with E-state index in [1.807, 2.05) is 53.2 Å². The van der Waals surface area contributed by atoms with Crippen LogP contribution >= 0.6 is 11.3 Å². The summed E-state index contributed by atoms with van der Waals surface area (Å²) >= 11 is 1.50. The van der Waals surface area contributed by atoms with Gasteiger partial charge < -0.3 is 5.73 Å². The van der Waals surface area contributed by atoms with E-state index in [0.717, 1.165) is 26.8 Å². The van der Waals surface area contributed by atoms with Crippen molar-refractivity contribution in [3.05, 3.63) is 71.6 Å². The Morgan fingerprint density at radius 2 is 1.91 bits per heavy atom. The van der Waals surface area contributed by atoms with Crippen molar-refractivity contribution in [3.63, 3.8) is 0 Å². The third kappa shape index (κ3) is 2.18. The second kappa shape index (κ2) is 5.32. The summed E-state index contributed by atoms with van der Waals surface area (Å²) in [5.41, 5.74) is 9.29. The topological polar surface area (TPSA) is 69.1 Å². The predicted molar refractivity (Wildman–Crippen MR) is 86.6 cm³/mol. The maximum absolute atomic E-state index is 6.29. The first-order valence-corrected chi connectivity index (χ1v) is 7.70. The van der Waals surface area contributed by atoms with Gasteiger partial charge in [0.2, 0.25) is 4.96 Å². The largest absolute Gasteiger partial charge is 0.318 e. The van der Waals surface area contributed by atoms with Gasteiger partial charge >= 0.3 is 0 Å². The molecule has 0 saturated carbocycles. The van der Waals surface area contributed by atoms with Gasteiger partial charge in [-0.2, -0.15) is 5.10 Å². The molecule has 3 aromatic heterocycles. The average Bonchev–Trinajstić information content (AvgIpc) is 3.16. The van der Waals surface area contributed by atoms with Gasteiger partial charge in [0.25, 0.3) is 0 Å². The quantitative estimate of drug-likeness (QED) is 0.632. The SMILES string of the molecule is NC(c1cccnc1)c1nn2c(-c3ccccc3)cnc2s1. The van der Waals surface area contributed by atoms with Crippen LogP contribution in [0.25, 0.3) is 16.2 Å². The molecule has 0 aliphatic carbocycles. The van der Waals surface area contributed by atoms with Crippen LogP contribution in [0.2, 0.25) is 0 Å². The third-order valence-electron chi connectivity index (χ3n) is 3.48. The number of nitrogens with zero attached hydrogens (tertiary/aromatic N) is 4. The fourth-order valence-corrected chi connectivity index (χ4v) is 3.25. The summed E-state index contributed by atoms with van der Waals surface area (Å²) in [7, 11) is 0. The molecule has 22 heavy (non-hydrogen) atoms. The Morgan fingerprint density at radius 3 is 2.68 bits per heavy atom. The molecule has 4 rings (SSSR count). The van der Waals surface area contributed by atoms with Gasteiger partial charge in [0.1, 0.15) is 5.01 Å². The van der Waals surface area contributed by atoms with Gasteiger partial charge in [0.05, 0.1) is 17.9 Å². The number of rotatable bonds is 3. The summed E-state index contributed by atoms with van der Waals surface area (Å²) in [5, 5.41) is 5.47. The lowest BCUT2D eigenvalue weighted by Gasteiger charge is -2.06. The van der Waals surface area contributed by atoms with Crippen LogP contribution in [0.15, 0.2) is 61.1 Å². The summed E-state index contributed by atoms with van der Waals surface area (Å²) in [6.45, 7) is 0. The summed E-state index contributed by atoms with van der Waals surface area (Å²) in [4.78, 5) is 9.39. The average molecular weight is 307 g/mol. The molecule has 0 aliphatic heterocycles. The van der Waals surface area contributed by atoms with E-state index in [1.54, 1.807) is 12.4 Å². The molecule has 5 nitrogen and oxygen atoms in total. The summed E-state index contributed by atoms with van der Waals surface area (Å²) in [6, 6.07) is 13.6. The van der Waals surface area contributed by atoms with Crippen LogP contribution < -0.4 is 5.73 Å². The number of hydrogen-bond acceptors (Lipinski definition) is 5. The maximum atomic E-state index is 6.29. The number of aromatic nitrogens is 4. The molecule has 0 radical (unpaired) electrons. The summed E-state index contributed by atoms with van der Waals surface area (Å²) < 4.78 is 1.85. The molecule has 0 amide bonds. The molecule has 3 heterocycles. The molecule has 0 bridgehead atoms. The van der Waals surface area contributed by atoms with Gasteiger partial charge in [-0.15, -0.1) is 0 Å². The molecule has 1 aromatic carbocycles. The Bertz CT molecular complexity index is 898. The molecule has 1 atom stereocenters. The number of hydrogen-bond donors (Lipinski definition) is 1. The summed E-state index contributed by atoms with van der Waals surface area (Å²) in [5.74, 6) is 0. The number of imidazole rings is 1. The Morgan fingerprint density at radius 1 is 1.05 bits per heavy atom. The van der Waals surface area contributed by atoms with Crippen LogP contribution in [0.3, 0.4) is 0 Å². The lowest BCUT2D eigenvalue weighted by Crippen LogP contribution is -2.12. The molecular weight excluding hydrogens is 294 g/mol. The van der Waals surface area contributed by atoms with Crippen LogP contribution in [-0.4, -0.2) is 19.6 Å². The highest BCUT2D eigenvalue weighted by Gasteiger charge is 2.17. The molecule has 6 heteroatoms. The lowest BCUT2D eigenvalue weighted by molar-refractivity contribution is 0.805.